The Hall–Kier alpha value is -1.86. The van der Waals surface area contributed by atoms with E-state index in [0.29, 0.717) is 17.6 Å². The Morgan fingerprint density at radius 1 is 1.40 bits per heavy atom. The summed E-state index contributed by atoms with van der Waals surface area (Å²) in [6.45, 7) is 4.24. The maximum absolute atomic E-state index is 10.9. The molecule has 20 heavy (non-hydrogen) atoms. The van der Waals surface area contributed by atoms with Crippen molar-refractivity contribution in [2.24, 2.45) is 11.8 Å². The van der Waals surface area contributed by atoms with Crippen molar-refractivity contribution in [3.63, 3.8) is 0 Å². The number of nitrogens with two attached hydrogens (primary N) is 1. The van der Waals surface area contributed by atoms with Gasteiger partial charge in [-0.2, -0.15) is 0 Å². The number of piperidine rings is 1. The monoisotopic (exact) mass is 279 g/mol. The molecule has 4 N–H and O–H groups in total. The third-order valence-electron chi connectivity index (χ3n) is 3.76. The Morgan fingerprint density at radius 2 is 2.10 bits per heavy atom. The molecule has 2 unspecified atom stereocenters. The number of benzene rings is 1. The van der Waals surface area contributed by atoms with Crippen molar-refractivity contribution in [1.29, 1.82) is 0 Å². The number of hydrogen-bond donors (Lipinski definition) is 3. The number of nitrogens with one attached hydrogen (secondary N) is 2. The van der Waals surface area contributed by atoms with Crippen LogP contribution in [0, 0.1) is 16.0 Å². The van der Waals surface area contributed by atoms with Crippen molar-refractivity contribution in [3.05, 3.63) is 28.3 Å². The van der Waals surface area contributed by atoms with Crippen molar-refractivity contribution < 1.29 is 4.92 Å². The lowest BCUT2D eigenvalue weighted by molar-refractivity contribution is -0.384. The number of nitrogens with zero attached hydrogens (tertiary/aromatic N) is 2. The SMILES string of the molecule is CC1CN(C)CCC1Nc1cc(NN)cc([N+](=O)[O-])c1. The Morgan fingerprint density at radius 3 is 2.70 bits per heavy atom. The zero-order valence-electron chi connectivity index (χ0n) is 11.8. The average Bonchev–Trinajstić information content (AvgIpc) is 2.41. The van der Waals surface area contributed by atoms with Crippen LogP contribution < -0.4 is 16.6 Å². The van der Waals surface area contributed by atoms with Crippen molar-refractivity contribution >= 4 is 17.1 Å². The van der Waals surface area contributed by atoms with E-state index in [0.717, 1.165) is 25.2 Å². The van der Waals surface area contributed by atoms with Crippen LogP contribution in [0.5, 0.6) is 0 Å². The first-order valence-electron chi connectivity index (χ1n) is 6.71. The summed E-state index contributed by atoms with van der Waals surface area (Å²) in [5, 5.41) is 14.3. The first-order valence-corrected chi connectivity index (χ1v) is 6.71. The highest BCUT2D eigenvalue weighted by molar-refractivity contribution is 5.63. The van der Waals surface area contributed by atoms with E-state index in [-0.39, 0.29) is 5.69 Å². The molecule has 1 saturated heterocycles. The minimum Gasteiger partial charge on any atom is -0.382 e. The van der Waals surface area contributed by atoms with Gasteiger partial charge in [-0.3, -0.25) is 16.0 Å². The van der Waals surface area contributed by atoms with Crippen LogP contribution in [0.1, 0.15) is 13.3 Å². The smallest absolute Gasteiger partial charge is 0.273 e. The Balaban J connectivity index is 2.16. The Kier molecular flexibility index (Phi) is 4.41. The molecule has 7 heteroatoms. The Bertz CT molecular complexity index is 494. The molecule has 0 aliphatic carbocycles. The van der Waals surface area contributed by atoms with Crippen molar-refractivity contribution in [2.75, 3.05) is 30.9 Å². The minimum absolute atomic E-state index is 0.0310. The fourth-order valence-electron chi connectivity index (χ4n) is 2.67. The lowest BCUT2D eigenvalue weighted by Crippen LogP contribution is -2.43. The van der Waals surface area contributed by atoms with E-state index in [4.69, 9.17) is 5.84 Å². The predicted molar refractivity (Wildman–Crippen MR) is 79.6 cm³/mol. The van der Waals surface area contributed by atoms with E-state index in [2.05, 4.69) is 29.6 Å². The fourth-order valence-corrected chi connectivity index (χ4v) is 2.67. The van der Waals surface area contributed by atoms with Crippen LogP contribution in [0.25, 0.3) is 0 Å². The molecule has 0 saturated carbocycles. The summed E-state index contributed by atoms with van der Waals surface area (Å²) >= 11 is 0. The molecule has 0 radical (unpaired) electrons. The van der Waals surface area contributed by atoms with Gasteiger partial charge in [0, 0.05) is 30.4 Å². The zero-order chi connectivity index (χ0) is 14.7. The maximum atomic E-state index is 10.9. The number of hydrazine groups is 1. The van der Waals surface area contributed by atoms with E-state index in [1.54, 1.807) is 12.1 Å². The highest BCUT2D eigenvalue weighted by Crippen LogP contribution is 2.27. The molecule has 2 rings (SSSR count). The second-order valence-corrected chi connectivity index (χ2v) is 5.45. The van der Waals surface area contributed by atoms with Gasteiger partial charge in [-0.1, -0.05) is 6.92 Å². The molecule has 1 heterocycles. The van der Waals surface area contributed by atoms with E-state index >= 15 is 0 Å². The summed E-state index contributed by atoms with van der Waals surface area (Å²) in [5.41, 5.74) is 3.76. The molecule has 1 fully saturated rings. The van der Waals surface area contributed by atoms with E-state index in [9.17, 15) is 10.1 Å². The van der Waals surface area contributed by atoms with Crippen LogP contribution in [0.15, 0.2) is 18.2 Å². The van der Waals surface area contributed by atoms with E-state index in [1.807, 2.05) is 0 Å². The summed E-state index contributed by atoms with van der Waals surface area (Å²) in [4.78, 5) is 12.8. The number of nitro benzene ring substituents is 1. The second kappa shape index (κ2) is 6.06. The number of rotatable bonds is 4. The lowest BCUT2D eigenvalue weighted by Gasteiger charge is -2.35. The van der Waals surface area contributed by atoms with Crippen molar-refractivity contribution in [2.45, 2.75) is 19.4 Å². The third-order valence-corrected chi connectivity index (χ3v) is 3.76. The predicted octanol–water partition coefficient (Wildman–Crippen LogP) is 1.63. The topological polar surface area (TPSA) is 96.5 Å². The van der Waals surface area contributed by atoms with Crippen molar-refractivity contribution in [3.8, 4) is 0 Å². The molecule has 110 valence electrons. The van der Waals surface area contributed by atoms with Crippen LogP contribution in [0.3, 0.4) is 0 Å². The van der Waals surface area contributed by atoms with Gasteiger partial charge in [-0.25, -0.2) is 0 Å². The second-order valence-electron chi connectivity index (χ2n) is 5.45. The summed E-state index contributed by atoms with van der Waals surface area (Å²) in [7, 11) is 2.11. The van der Waals surface area contributed by atoms with Crippen LogP contribution in [0.4, 0.5) is 17.1 Å². The molecule has 7 nitrogen and oxygen atoms in total. The summed E-state index contributed by atoms with van der Waals surface area (Å²) in [6, 6.07) is 5.08. The van der Waals surface area contributed by atoms with Gasteiger partial charge < -0.3 is 15.6 Å². The summed E-state index contributed by atoms with van der Waals surface area (Å²) in [5.74, 6) is 5.85. The number of nitrogen functional groups attached to an aromatic ring is 1. The molecule has 2 atom stereocenters. The average molecular weight is 279 g/mol. The minimum atomic E-state index is -0.413. The highest BCUT2D eigenvalue weighted by Gasteiger charge is 2.24. The first kappa shape index (κ1) is 14.5. The van der Waals surface area contributed by atoms with Crippen LogP contribution in [-0.2, 0) is 0 Å². The van der Waals surface area contributed by atoms with Gasteiger partial charge in [0.1, 0.15) is 0 Å². The molecule has 0 spiro atoms. The molecular weight excluding hydrogens is 258 g/mol. The van der Waals surface area contributed by atoms with Gasteiger partial charge in [0.15, 0.2) is 0 Å². The fraction of sp³-hybridized carbons (Fsp3) is 0.538. The molecule has 0 amide bonds. The number of anilines is 2. The molecule has 0 bridgehead atoms. The maximum Gasteiger partial charge on any atom is 0.273 e. The van der Waals surface area contributed by atoms with Gasteiger partial charge in [-0.15, -0.1) is 0 Å². The summed E-state index contributed by atoms with van der Waals surface area (Å²) in [6.07, 6.45) is 1.02. The number of nitro groups is 1. The molecular formula is C13H21N5O2. The first-order chi connectivity index (χ1) is 9.49. The highest BCUT2D eigenvalue weighted by atomic mass is 16.6. The normalized spacial score (nSPS) is 23.4. The molecule has 1 aromatic rings. The summed E-state index contributed by atoms with van der Waals surface area (Å²) < 4.78 is 0. The van der Waals surface area contributed by atoms with E-state index in [1.165, 1.54) is 6.07 Å². The van der Waals surface area contributed by atoms with Crippen LogP contribution >= 0.6 is 0 Å². The van der Waals surface area contributed by atoms with Gasteiger partial charge in [-0.05, 0) is 32.0 Å². The van der Waals surface area contributed by atoms with Crippen LogP contribution in [-0.4, -0.2) is 36.0 Å². The lowest BCUT2D eigenvalue weighted by atomic mass is 9.94. The van der Waals surface area contributed by atoms with E-state index < -0.39 is 4.92 Å². The third kappa shape index (κ3) is 3.37. The standard InChI is InChI=1S/C13H21N5O2/c1-9-8-17(2)4-3-13(9)15-10-5-11(16-14)7-12(6-10)18(19)20/h5-7,9,13,15-16H,3-4,8,14H2,1-2H3. The molecule has 1 aliphatic heterocycles. The zero-order valence-corrected chi connectivity index (χ0v) is 11.8. The molecule has 0 aromatic heterocycles. The molecule has 1 aromatic carbocycles. The van der Waals surface area contributed by atoms with Gasteiger partial charge in [0.25, 0.3) is 5.69 Å². The number of non-ortho nitro benzene ring substituents is 1. The largest absolute Gasteiger partial charge is 0.382 e. The van der Waals surface area contributed by atoms with Gasteiger partial charge in [0.05, 0.1) is 10.6 Å². The molecule has 1 aliphatic rings. The number of hydrogen-bond acceptors (Lipinski definition) is 6. The van der Waals surface area contributed by atoms with Crippen molar-refractivity contribution in [1.82, 2.24) is 4.90 Å². The van der Waals surface area contributed by atoms with Gasteiger partial charge >= 0.3 is 0 Å². The quantitative estimate of drug-likeness (QED) is 0.440. The Labute approximate surface area is 118 Å². The van der Waals surface area contributed by atoms with Gasteiger partial charge in [0.2, 0.25) is 0 Å². The van der Waals surface area contributed by atoms with Crippen LogP contribution in [0.2, 0.25) is 0 Å². The number of likely N-dealkylation sites (tertiary alicyclic amines) is 1.